The fourth-order valence-electron chi connectivity index (χ4n) is 2.47. The normalized spacial score (nSPS) is 22.1. The minimum absolute atomic E-state index is 0.0220. The van der Waals surface area contributed by atoms with Crippen LogP contribution in [0.15, 0.2) is 30.3 Å². The van der Waals surface area contributed by atoms with E-state index >= 15 is 0 Å². The Balaban J connectivity index is 2.08. The Morgan fingerprint density at radius 2 is 1.88 bits per heavy atom. The number of thioether (sulfide) groups is 1. The molecular formula is C16H21NO4S3. The summed E-state index contributed by atoms with van der Waals surface area (Å²) in [5.74, 6) is -0.673. The number of carbonyl (C=O) groups excluding carboxylic acids is 1. The summed E-state index contributed by atoms with van der Waals surface area (Å²) in [4.78, 5) is 14.2. The molecule has 24 heavy (non-hydrogen) atoms. The van der Waals surface area contributed by atoms with Crippen LogP contribution in [0.2, 0.25) is 0 Å². The van der Waals surface area contributed by atoms with Crippen LogP contribution in [-0.2, 0) is 14.6 Å². The second-order valence-electron chi connectivity index (χ2n) is 5.48. The molecule has 2 rings (SSSR count). The lowest BCUT2D eigenvalue weighted by Gasteiger charge is -2.25. The number of rotatable bonds is 5. The van der Waals surface area contributed by atoms with Crippen LogP contribution >= 0.6 is 24.0 Å². The van der Waals surface area contributed by atoms with Crippen molar-refractivity contribution in [3.05, 3.63) is 35.9 Å². The van der Waals surface area contributed by atoms with Gasteiger partial charge in [0.1, 0.15) is 10.4 Å². The largest absolute Gasteiger partial charge is 0.456 e. The van der Waals surface area contributed by atoms with E-state index < -0.39 is 21.9 Å². The maximum atomic E-state index is 12.2. The van der Waals surface area contributed by atoms with Crippen molar-refractivity contribution in [1.82, 2.24) is 4.90 Å². The van der Waals surface area contributed by atoms with Gasteiger partial charge in [-0.2, -0.15) is 0 Å². The molecule has 1 fully saturated rings. The molecule has 1 aromatic rings. The molecule has 1 aliphatic heterocycles. The van der Waals surface area contributed by atoms with Gasteiger partial charge in [-0.3, -0.25) is 0 Å². The molecule has 5 nitrogen and oxygen atoms in total. The van der Waals surface area contributed by atoms with Crippen molar-refractivity contribution in [3.8, 4) is 0 Å². The number of hydrogen-bond acceptors (Lipinski definition) is 6. The second-order valence-corrected chi connectivity index (χ2v) is 9.51. The minimum atomic E-state index is -3.23. The summed E-state index contributed by atoms with van der Waals surface area (Å²) >= 11 is 6.71. The van der Waals surface area contributed by atoms with Crippen LogP contribution < -0.4 is 0 Å². The van der Waals surface area contributed by atoms with Crippen LogP contribution in [0.1, 0.15) is 24.2 Å². The Morgan fingerprint density at radius 1 is 1.25 bits per heavy atom. The Hall–Kier alpha value is -1.12. The fourth-order valence-corrected chi connectivity index (χ4v) is 6.74. The van der Waals surface area contributed by atoms with Gasteiger partial charge in [0, 0.05) is 13.1 Å². The minimum Gasteiger partial charge on any atom is -0.456 e. The number of nitrogens with zero attached hydrogens (tertiary/aromatic N) is 1. The molecule has 0 saturated carbocycles. The van der Waals surface area contributed by atoms with Crippen LogP contribution in [0, 0.1) is 0 Å². The van der Waals surface area contributed by atoms with E-state index in [0.717, 1.165) is 13.1 Å². The average Bonchev–Trinajstić information content (AvgIpc) is 2.82. The Morgan fingerprint density at radius 3 is 2.46 bits per heavy atom. The summed E-state index contributed by atoms with van der Waals surface area (Å²) in [5.41, 5.74) is 0.414. The van der Waals surface area contributed by atoms with Gasteiger partial charge in [0.15, 0.2) is 9.84 Å². The van der Waals surface area contributed by atoms with Crippen LogP contribution in [0.25, 0.3) is 0 Å². The number of sulfone groups is 1. The monoisotopic (exact) mass is 387 g/mol. The number of carbonyl (C=O) groups is 1. The van der Waals surface area contributed by atoms with Gasteiger partial charge >= 0.3 is 5.97 Å². The number of hydrogen-bond donors (Lipinski definition) is 0. The van der Waals surface area contributed by atoms with Crippen molar-refractivity contribution in [1.29, 1.82) is 0 Å². The van der Waals surface area contributed by atoms with Crippen molar-refractivity contribution in [2.45, 2.75) is 25.2 Å². The lowest BCUT2D eigenvalue weighted by atomic mass is 10.2. The van der Waals surface area contributed by atoms with E-state index in [1.54, 1.807) is 30.3 Å². The van der Waals surface area contributed by atoms with Crippen molar-refractivity contribution in [2.75, 3.05) is 24.6 Å². The molecule has 0 spiro atoms. The number of ether oxygens (including phenoxy) is 1. The first-order valence-electron chi connectivity index (χ1n) is 7.78. The predicted octanol–water partition coefficient (Wildman–Crippen LogP) is 2.37. The molecule has 132 valence electrons. The first-order valence-corrected chi connectivity index (χ1v) is 10.9. The van der Waals surface area contributed by atoms with Crippen LogP contribution in [0.3, 0.4) is 0 Å². The van der Waals surface area contributed by atoms with Crippen molar-refractivity contribution < 1.29 is 17.9 Å². The lowest BCUT2D eigenvalue weighted by molar-refractivity contribution is 0.0366. The molecule has 8 heteroatoms. The Kier molecular flexibility index (Phi) is 6.65. The first kappa shape index (κ1) is 19.2. The lowest BCUT2D eigenvalue weighted by Crippen LogP contribution is -2.33. The molecule has 0 aliphatic carbocycles. The topological polar surface area (TPSA) is 63.7 Å². The summed E-state index contributed by atoms with van der Waals surface area (Å²) < 4.78 is 30.1. The van der Waals surface area contributed by atoms with E-state index in [4.69, 9.17) is 17.0 Å². The molecule has 2 atom stereocenters. The van der Waals surface area contributed by atoms with E-state index in [0.29, 0.717) is 9.88 Å². The van der Waals surface area contributed by atoms with Gasteiger partial charge in [-0.15, -0.1) is 0 Å². The van der Waals surface area contributed by atoms with Crippen LogP contribution in [-0.4, -0.2) is 59.6 Å². The van der Waals surface area contributed by atoms with Gasteiger partial charge in [-0.1, -0.05) is 42.2 Å². The molecule has 1 aromatic carbocycles. The van der Waals surface area contributed by atoms with Gasteiger partial charge in [-0.25, -0.2) is 13.2 Å². The molecule has 1 heterocycles. The van der Waals surface area contributed by atoms with Gasteiger partial charge in [0.05, 0.1) is 22.3 Å². The smallest absolute Gasteiger partial charge is 0.338 e. The van der Waals surface area contributed by atoms with Gasteiger partial charge < -0.3 is 9.64 Å². The summed E-state index contributed by atoms with van der Waals surface area (Å²) in [6, 6.07) is 8.58. The SMILES string of the molecule is CCN(CC)C(=S)SC1CS(=O)(=O)CC1OC(=O)c1ccccc1. The Labute approximate surface area is 152 Å². The molecule has 2 unspecified atom stereocenters. The Bertz CT molecular complexity index is 687. The number of benzene rings is 1. The zero-order chi connectivity index (χ0) is 17.7. The summed E-state index contributed by atoms with van der Waals surface area (Å²) in [5, 5.41) is -0.365. The molecule has 0 amide bonds. The predicted molar refractivity (Wildman–Crippen MR) is 101 cm³/mol. The van der Waals surface area contributed by atoms with Crippen molar-refractivity contribution in [2.24, 2.45) is 0 Å². The van der Waals surface area contributed by atoms with Gasteiger partial charge in [0.2, 0.25) is 0 Å². The van der Waals surface area contributed by atoms with E-state index in [9.17, 15) is 13.2 Å². The summed E-state index contributed by atoms with van der Waals surface area (Å²) in [6.07, 6.45) is -0.679. The molecule has 0 radical (unpaired) electrons. The third kappa shape index (κ3) is 4.94. The van der Waals surface area contributed by atoms with E-state index in [1.807, 2.05) is 18.7 Å². The quantitative estimate of drug-likeness (QED) is 0.568. The molecule has 0 aromatic heterocycles. The maximum Gasteiger partial charge on any atom is 0.338 e. The maximum absolute atomic E-state index is 12.2. The summed E-state index contributed by atoms with van der Waals surface area (Å²) in [7, 11) is -3.23. The third-order valence-corrected chi connectivity index (χ3v) is 7.49. The molecule has 0 bridgehead atoms. The van der Waals surface area contributed by atoms with Crippen molar-refractivity contribution in [3.63, 3.8) is 0 Å². The van der Waals surface area contributed by atoms with Gasteiger partial charge in [-0.05, 0) is 26.0 Å². The molecule has 1 saturated heterocycles. The highest BCUT2D eigenvalue weighted by atomic mass is 32.2. The summed E-state index contributed by atoms with van der Waals surface area (Å²) in [6.45, 7) is 5.51. The fraction of sp³-hybridized carbons (Fsp3) is 0.500. The highest BCUT2D eigenvalue weighted by Gasteiger charge is 2.41. The number of thiocarbonyl (C=S) groups is 1. The van der Waals surface area contributed by atoms with E-state index in [-0.39, 0.29) is 16.8 Å². The first-order chi connectivity index (χ1) is 11.4. The molecule has 0 N–H and O–H groups in total. The van der Waals surface area contributed by atoms with E-state index in [2.05, 4.69) is 0 Å². The second kappa shape index (κ2) is 8.31. The standard InChI is InChI=1S/C16H21NO4S3/c1-3-17(4-2)16(22)23-14-11-24(19,20)10-13(14)21-15(18)12-8-6-5-7-9-12/h5-9,13-14H,3-4,10-11H2,1-2H3. The van der Waals surface area contributed by atoms with Crippen molar-refractivity contribution >= 4 is 44.1 Å². The third-order valence-electron chi connectivity index (χ3n) is 3.79. The highest BCUT2D eigenvalue weighted by molar-refractivity contribution is 8.23. The number of esters is 1. The van der Waals surface area contributed by atoms with Crippen LogP contribution in [0.4, 0.5) is 0 Å². The highest BCUT2D eigenvalue weighted by Crippen LogP contribution is 2.30. The van der Waals surface area contributed by atoms with E-state index in [1.165, 1.54) is 11.8 Å². The van der Waals surface area contributed by atoms with Gasteiger partial charge in [0.25, 0.3) is 0 Å². The van der Waals surface area contributed by atoms with Crippen LogP contribution in [0.5, 0.6) is 0 Å². The zero-order valence-electron chi connectivity index (χ0n) is 13.7. The average molecular weight is 388 g/mol. The molecule has 1 aliphatic rings. The zero-order valence-corrected chi connectivity index (χ0v) is 16.1. The molecular weight excluding hydrogens is 366 g/mol.